The summed E-state index contributed by atoms with van der Waals surface area (Å²) in [6.45, 7) is 1.09. The Morgan fingerprint density at radius 3 is 2.38 bits per heavy atom. The number of benzene rings is 2. The van der Waals surface area contributed by atoms with E-state index in [4.69, 9.17) is 0 Å². The number of nitrogens with zero attached hydrogens (tertiary/aromatic N) is 2. The van der Waals surface area contributed by atoms with Crippen LogP contribution in [-0.4, -0.2) is 85.5 Å². The molecule has 2 atom stereocenters. The van der Waals surface area contributed by atoms with Crippen molar-refractivity contribution in [1.82, 2.24) is 9.21 Å². The third kappa shape index (κ3) is 8.50. The van der Waals surface area contributed by atoms with Crippen molar-refractivity contribution in [1.29, 1.82) is 0 Å². The van der Waals surface area contributed by atoms with E-state index in [0.717, 1.165) is 21.5 Å². The number of likely N-dealkylation sites (N-methyl/N-ethyl adjacent to an activating group) is 1. The number of Topliss-reactive ketones (excluding diaryl/α,β-unsaturated/α-hetero) is 1. The quantitative estimate of drug-likeness (QED) is 0.403. The average Bonchev–Trinajstić information content (AvgIpc) is 3.34. The molecule has 1 amide bonds. The van der Waals surface area contributed by atoms with Crippen molar-refractivity contribution >= 4 is 56.3 Å². The van der Waals surface area contributed by atoms with E-state index in [1.807, 2.05) is 6.07 Å². The lowest BCUT2D eigenvalue weighted by Gasteiger charge is -2.26. The highest BCUT2D eigenvalue weighted by Crippen LogP contribution is 2.32. The smallest absolute Gasteiger partial charge is 0.337 e. The van der Waals surface area contributed by atoms with E-state index in [-0.39, 0.29) is 42.2 Å². The van der Waals surface area contributed by atoms with E-state index in [1.54, 1.807) is 48.5 Å². The molecule has 39 heavy (non-hydrogen) atoms. The summed E-state index contributed by atoms with van der Waals surface area (Å²) < 4.78 is 32.2. The van der Waals surface area contributed by atoms with Crippen LogP contribution in [0.1, 0.15) is 29.3 Å². The third-order valence-electron chi connectivity index (χ3n) is 5.98. The Hall–Kier alpha value is -3.48. The first-order chi connectivity index (χ1) is 18.5. The Morgan fingerprint density at radius 1 is 1.10 bits per heavy atom. The molecule has 0 spiro atoms. The van der Waals surface area contributed by atoms with Gasteiger partial charge in [0.2, 0.25) is 15.9 Å². The van der Waals surface area contributed by atoms with E-state index in [1.165, 1.54) is 32.1 Å². The zero-order valence-electron chi connectivity index (χ0n) is 21.9. The van der Waals surface area contributed by atoms with Crippen LogP contribution in [0.3, 0.4) is 0 Å². The fourth-order valence-electron chi connectivity index (χ4n) is 4.10. The number of thioether (sulfide) groups is 1. The van der Waals surface area contributed by atoms with Crippen LogP contribution in [0.4, 0.5) is 5.69 Å². The van der Waals surface area contributed by atoms with Crippen LogP contribution in [0.2, 0.25) is 0 Å². The Kier molecular flexibility index (Phi) is 10.4. The normalized spacial score (nSPS) is 17.6. The summed E-state index contributed by atoms with van der Waals surface area (Å²) in [7, 11) is -1.26. The maximum atomic E-state index is 13.3. The van der Waals surface area contributed by atoms with Gasteiger partial charge in [0.05, 0.1) is 25.8 Å². The SMILES string of the molecule is COC(=O)c1ccc(NCC(=O)CN(C)C(=O)C2CC(SC(C)=O)CN2S(=O)(=O)/C=C/c2ccccc2)cc1. The number of amides is 1. The van der Waals surface area contributed by atoms with Crippen molar-refractivity contribution in [2.24, 2.45) is 0 Å². The molecule has 1 heterocycles. The fraction of sp³-hybridized carbons (Fsp3) is 0.333. The van der Waals surface area contributed by atoms with Crippen LogP contribution in [0, 0.1) is 0 Å². The minimum atomic E-state index is -3.99. The highest BCUT2D eigenvalue weighted by molar-refractivity contribution is 8.14. The van der Waals surface area contributed by atoms with Gasteiger partial charge in [-0.1, -0.05) is 42.1 Å². The number of hydrogen-bond donors (Lipinski definition) is 1. The molecule has 0 aromatic heterocycles. The molecule has 0 radical (unpaired) electrons. The van der Waals surface area contributed by atoms with Crippen molar-refractivity contribution in [2.75, 3.05) is 39.1 Å². The molecule has 12 heteroatoms. The zero-order valence-corrected chi connectivity index (χ0v) is 23.5. The van der Waals surface area contributed by atoms with E-state index < -0.39 is 27.9 Å². The number of esters is 1. The zero-order chi connectivity index (χ0) is 28.6. The number of rotatable bonds is 11. The summed E-state index contributed by atoms with van der Waals surface area (Å²) in [6.07, 6.45) is 1.61. The van der Waals surface area contributed by atoms with Crippen molar-refractivity contribution in [2.45, 2.75) is 24.6 Å². The predicted molar refractivity (Wildman–Crippen MR) is 150 cm³/mol. The maximum absolute atomic E-state index is 13.3. The number of anilines is 1. The van der Waals surface area contributed by atoms with E-state index in [0.29, 0.717) is 16.8 Å². The number of sulfonamides is 1. The van der Waals surface area contributed by atoms with Gasteiger partial charge in [-0.3, -0.25) is 14.4 Å². The summed E-state index contributed by atoms with van der Waals surface area (Å²) in [4.78, 5) is 50.4. The minimum Gasteiger partial charge on any atom is -0.465 e. The van der Waals surface area contributed by atoms with Gasteiger partial charge in [-0.2, -0.15) is 4.31 Å². The average molecular weight is 574 g/mol. The second-order valence-corrected chi connectivity index (χ2v) is 12.2. The van der Waals surface area contributed by atoms with Gasteiger partial charge in [-0.05, 0) is 42.3 Å². The molecular weight excluding hydrogens is 542 g/mol. The van der Waals surface area contributed by atoms with Crippen LogP contribution in [0.5, 0.6) is 0 Å². The fourth-order valence-corrected chi connectivity index (χ4v) is 6.58. The molecule has 0 saturated carbocycles. The van der Waals surface area contributed by atoms with Gasteiger partial charge < -0.3 is 15.0 Å². The summed E-state index contributed by atoms with van der Waals surface area (Å²) in [5, 5.41) is 3.45. The maximum Gasteiger partial charge on any atom is 0.337 e. The molecule has 0 bridgehead atoms. The van der Waals surface area contributed by atoms with E-state index >= 15 is 0 Å². The van der Waals surface area contributed by atoms with Crippen LogP contribution in [0.15, 0.2) is 60.0 Å². The Labute approximate surface area is 232 Å². The molecule has 2 unspecified atom stereocenters. The molecule has 2 aromatic rings. The molecule has 1 aliphatic heterocycles. The van der Waals surface area contributed by atoms with Gasteiger partial charge in [0, 0.05) is 36.9 Å². The van der Waals surface area contributed by atoms with E-state index in [2.05, 4.69) is 10.1 Å². The molecule has 208 valence electrons. The number of carbonyl (C=O) groups is 4. The van der Waals surface area contributed by atoms with E-state index in [9.17, 15) is 27.6 Å². The lowest BCUT2D eigenvalue weighted by atomic mass is 10.2. The highest BCUT2D eigenvalue weighted by atomic mass is 32.2. The first kappa shape index (κ1) is 30.1. The monoisotopic (exact) mass is 573 g/mol. The Balaban J connectivity index is 1.66. The largest absolute Gasteiger partial charge is 0.465 e. The van der Waals surface area contributed by atoms with Crippen LogP contribution >= 0.6 is 11.8 Å². The van der Waals surface area contributed by atoms with Crippen molar-refractivity contribution in [3.63, 3.8) is 0 Å². The summed E-state index contributed by atoms with van der Waals surface area (Å²) in [5.74, 6) is -1.29. The lowest BCUT2D eigenvalue weighted by molar-refractivity contribution is -0.136. The molecular formula is C27H31N3O7S2. The summed E-state index contributed by atoms with van der Waals surface area (Å²) in [6, 6.07) is 14.2. The lowest BCUT2D eigenvalue weighted by Crippen LogP contribution is -2.47. The molecule has 10 nitrogen and oxygen atoms in total. The summed E-state index contributed by atoms with van der Waals surface area (Å²) >= 11 is 1.01. The third-order valence-corrected chi connectivity index (χ3v) is 8.52. The number of methoxy groups -OCH3 is 1. The molecule has 1 aliphatic rings. The van der Waals surface area contributed by atoms with Gasteiger partial charge >= 0.3 is 5.97 Å². The molecule has 1 saturated heterocycles. The molecule has 2 aromatic carbocycles. The van der Waals surface area contributed by atoms with Gasteiger partial charge in [-0.15, -0.1) is 0 Å². The summed E-state index contributed by atoms with van der Waals surface area (Å²) in [5.41, 5.74) is 1.66. The van der Waals surface area contributed by atoms with Gasteiger partial charge in [-0.25, -0.2) is 13.2 Å². The standard InChI is InChI=1S/C27H31N3O7S2/c1-19(31)38-24-15-25(30(18-24)39(35,36)14-13-20-7-5-4-6-8-20)26(33)29(2)17-23(32)16-28-22-11-9-21(10-12-22)27(34)37-3/h4-14,24-25,28H,15-18H2,1-3H3/b14-13+. The number of ether oxygens (including phenoxy) is 1. The minimum absolute atomic E-state index is 0.00697. The number of hydrogen-bond acceptors (Lipinski definition) is 9. The topological polar surface area (TPSA) is 130 Å². The van der Waals surface area contributed by atoms with Gasteiger partial charge in [0.25, 0.3) is 0 Å². The highest BCUT2D eigenvalue weighted by Gasteiger charge is 2.44. The first-order valence-corrected chi connectivity index (χ1v) is 14.5. The van der Waals surface area contributed by atoms with Crippen molar-refractivity contribution in [3.8, 4) is 0 Å². The Morgan fingerprint density at radius 2 is 1.77 bits per heavy atom. The second kappa shape index (κ2) is 13.5. The Bertz CT molecular complexity index is 1330. The van der Waals surface area contributed by atoms with Crippen molar-refractivity contribution < 1.29 is 32.3 Å². The second-order valence-electron chi connectivity index (χ2n) is 8.97. The number of nitrogens with one attached hydrogen (secondary N) is 1. The van der Waals surface area contributed by atoms with Crippen LogP contribution in [0.25, 0.3) is 6.08 Å². The number of carbonyl (C=O) groups excluding carboxylic acids is 4. The number of ketones is 1. The van der Waals surface area contributed by atoms with Crippen LogP contribution in [-0.2, 0) is 29.1 Å². The molecule has 1 N–H and O–H groups in total. The molecule has 1 fully saturated rings. The van der Waals surface area contributed by atoms with Crippen molar-refractivity contribution in [3.05, 3.63) is 71.1 Å². The molecule has 0 aliphatic carbocycles. The van der Waals surface area contributed by atoms with Crippen LogP contribution < -0.4 is 5.32 Å². The van der Waals surface area contributed by atoms with Gasteiger partial charge in [0.15, 0.2) is 10.9 Å². The predicted octanol–water partition coefficient (Wildman–Crippen LogP) is 2.64. The molecule has 3 rings (SSSR count). The van der Waals surface area contributed by atoms with Gasteiger partial charge in [0.1, 0.15) is 6.04 Å². The first-order valence-electron chi connectivity index (χ1n) is 12.1.